The van der Waals surface area contributed by atoms with E-state index >= 15 is 0 Å². The second-order valence-corrected chi connectivity index (χ2v) is 9.57. The summed E-state index contributed by atoms with van der Waals surface area (Å²) in [6, 6.07) is 15.9. The molecule has 1 N–H and O–H groups in total. The van der Waals surface area contributed by atoms with Gasteiger partial charge in [-0.25, -0.2) is 13.1 Å². The van der Waals surface area contributed by atoms with Gasteiger partial charge in [-0.05, 0) is 42.7 Å². The number of para-hydroxylation sites is 1. The van der Waals surface area contributed by atoms with Gasteiger partial charge in [0, 0.05) is 23.7 Å². The number of benzene rings is 2. The minimum Gasteiger partial charge on any atom is -0.486 e. The van der Waals surface area contributed by atoms with E-state index < -0.39 is 10.0 Å². The summed E-state index contributed by atoms with van der Waals surface area (Å²) in [5.41, 5.74) is 0.881. The second-order valence-electron chi connectivity index (χ2n) is 7.28. The van der Waals surface area contributed by atoms with Crippen LogP contribution in [0.25, 0.3) is 0 Å². The van der Waals surface area contributed by atoms with Crippen molar-refractivity contribution in [2.45, 2.75) is 49.5 Å². The predicted octanol–water partition coefficient (Wildman–Crippen LogP) is 3.86. The van der Waals surface area contributed by atoms with Crippen LogP contribution in [0.1, 0.15) is 37.7 Å². The third kappa shape index (κ3) is 6.73. The molecule has 0 amide bonds. The van der Waals surface area contributed by atoms with E-state index in [1.807, 2.05) is 18.2 Å². The predicted molar refractivity (Wildman–Crippen MR) is 117 cm³/mol. The fraction of sp³-hybridized carbons (Fsp3) is 0.364. The number of Topliss-reactive ketones (excluding diaryl/α,β-unsaturated/α-hetero) is 1. The van der Waals surface area contributed by atoms with E-state index in [9.17, 15) is 13.2 Å². The molecule has 1 aliphatic carbocycles. The molecular weight excluding hydrogens is 406 g/mol. The molecule has 0 atom stereocenters. The van der Waals surface area contributed by atoms with Gasteiger partial charge in [-0.1, -0.05) is 55.4 Å². The third-order valence-electron chi connectivity index (χ3n) is 4.85. The van der Waals surface area contributed by atoms with E-state index in [1.165, 1.54) is 0 Å². The van der Waals surface area contributed by atoms with Gasteiger partial charge in [0.15, 0.2) is 5.78 Å². The highest BCUT2D eigenvalue weighted by Gasteiger charge is 2.22. The number of carbonyl (C=O) groups is 1. The summed E-state index contributed by atoms with van der Waals surface area (Å²) in [7, 11) is -3.50. The fourth-order valence-electron chi connectivity index (χ4n) is 3.36. The Labute approximate surface area is 177 Å². The number of ketones is 1. The van der Waals surface area contributed by atoms with Crippen molar-refractivity contribution in [3.8, 4) is 5.75 Å². The molecule has 2 aromatic rings. The Hall–Kier alpha value is -2.09. The highest BCUT2D eigenvalue weighted by atomic mass is 32.2. The van der Waals surface area contributed by atoms with Gasteiger partial charge in [0.1, 0.15) is 12.4 Å². The Kier molecular flexibility index (Phi) is 7.52. The maximum absolute atomic E-state index is 12.5. The van der Waals surface area contributed by atoms with E-state index in [-0.39, 0.29) is 29.7 Å². The molecule has 3 rings (SSSR count). The molecule has 29 heavy (non-hydrogen) atoms. The van der Waals surface area contributed by atoms with Crippen molar-refractivity contribution in [3.63, 3.8) is 0 Å². The largest absolute Gasteiger partial charge is 0.486 e. The van der Waals surface area contributed by atoms with E-state index in [1.54, 1.807) is 36.4 Å². The van der Waals surface area contributed by atoms with Crippen molar-refractivity contribution >= 4 is 32.9 Å². The molecule has 0 saturated heterocycles. The number of hydrogen-bond donors (Lipinski definition) is 1. The minimum atomic E-state index is -3.50. The smallest absolute Gasteiger partial charge is 0.240 e. The average Bonchev–Trinajstić information content (AvgIpc) is 3.20. The lowest BCUT2D eigenvalue weighted by Gasteiger charge is -2.13. The van der Waals surface area contributed by atoms with Gasteiger partial charge in [-0.15, -0.1) is 0 Å². The number of thiocarbonyl (C=S) groups is 1. The summed E-state index contributed by atoms with van der Waals surface area (Å²) < 4.78 is 33.1. The molecule has 1 saturated carbocycles. The number of sulfonamides is 1. The van der Waals surface area contributed by atoms with Crippen LogP contribution < -0.4 is 9.46 Å². The molecule has 0 spiro atoms. The van der Waals surface area contributed by atoms with E-state index in [4.69, 9.17) is 17.0 Å². The van der Waals surface area contributed by atoms with Crippen molar-refractivity contribution < 1.29 is 17.9 Å². The normalized spacial score (nSPS) is 14.6. The second kappa shape index (κ2) is 10.1. The lowest BCUT2D eigenvalue weighted by Crippen LogP contribution is -2.32. The number of ether oxygens (including phenoxy) is 1. The molecule has 5 nitrogen and oxygen atoms in total. The molecule has 0 radical (unpaired) electrons. The van der Waals surface area contributed by atoms with Gasteiger partial charge in [-0.2, -0.15) is 0 Å². The van der Waals surface area contributed by atoms with E-state index in [2.05, 4.69) is 4.72 Å². The Morgan fingerprint density at radius 3 is 2.34 bits per heavy atom. The molecule has 0 aromatic heterocycles. The summed E-state index contributed by atoms with van der Waals surface area (Å²) in [6.07, 6.45) is 4.53. The fourth-order valence-corrected chi connectivity index (χ4v) is 4.99. The molecule has 1 aliphatic rings. The highest BCUT2D eigenvalue weighted by Crippen LogP contribution is 2.21. The maximum Gasteiger partial charge on any atom is 0.240 e. The molecule has 0 heterocycles. The molecule has 0 aliphatic heterocycles. The van der Waals surface area contributed by atoms with Crippen LogP contribution in [0.4, 0.5) is 0 Å². The van der Waals surface area contributed by atoms with E-state index in [0.29, 0.717) is 17.0 Å². The van der Waals surface area contributed by atoms with Gasteiger partial charge in [0.05, 0.1) is 4.90 Å². The Morgan fingerprint density at radius 2 is 1.69 bits per heavy atom. The number of rotatable bonds is 10. The topological polar surface area (TPSA) is 72.5 Å². The Balaban J connectivity index is 1.48. The molecule has 2 aromatic carbocycles. The first-order valence-corrected chi connectivity index (χ1v) is 11.6. The molecule has 0 bridgehead atoms. The minimum absolute atomic E-state index is 0.0197. The van der Waals surface area contributed by atoms with Gasteiger partial charge in [0.25, 0.3) is 0 Å². The number of hydrogen-bond acceptors (Lipinski definition) is 5. The Morgan fingerprint density at radius 1 is 1.03 bits per heavy atom. The summed E-state index contributed by atoms with van der Waals surface area (Å²) in [5, 5.41) is 0. The average molecular weight is 432 g/mol. The van der Waals surface area contributed by atoms with Crippen LogP contribution in [0.3, 0.4) is 0 Å². The van der Waals surface area contributed by atoms with Crippen LogP contribution in [-0.4, -0.2) is 31.7 Å². The zero-order chi connectivity index (χ0) is 20.7. The first-order chi connectivity index (χ1) is 13.9. The Bertz CT molecular complexity index is 935. The first kappa shape index (κ1) is 21.6. The first-order valence-electron chi connectivity index (χ1n) is 9.75. The zero-order valence-corrected chi connectivity index (χ0v) is 17.8. The zero-order valence-electron chi connectivity index (χ0n) is 16.2. The van der Waals surface area contributed by atoms with Crippen molar-refractivity contribution in [1.82, 2.24) is 4.72 Å². The molecule has 7 heteroatoms. The summed E-state index contributed by atoms with van der Waals surface area (Å²) in [6.45, 7) is -0.0197. The van der Waals surface area contributed by atoms with Crippen molar-refractivity contribution in [2.75, 3.05) is 6.61 Å². The summed E-state index contributed by atoms with van der Waals surface area (Å²) in [5.74, 6) is 0.564. The van der Waals surface area contributed by atoms with Crippen LogP contribution in [-0.2, 0) is 21.2 Å². The van der Waals surface area contributed by atoms with Crippen molar-refractivity contribution in [3.05, 3.63) is 60.2 Å². The molecule has 0 unspecified atom stereocenters. The molecular formula is C22H25NO4S2. The SMILES string of the molecule is O=C(COc1ccccc1)CC(=S)Cc1ccc(S(=O)(=O)NC2CCCC2)cc1. The van der Waals surface area contributed by atoms with Gasteiger partial charge >= 0.3 is 0 Å². The van der Waals surface area contributed by atoms with E-state index in [0.717, 1.165) is 31.2 Å². The lowest BCUT2D eigenvalue weighted by molar-refractivity contribution is -0.119. The maximum atomic E-state index is 12.5. The van der Waals surface area contributed by atoms with Crippen LogP contribution in [0.2, 0.25) is 0 Å². The van der Waals surface area contributed by atoms with Crippen LogP contribution in [0.5, 0.6) is 5.75 Å². The molecule has 1 fully saturated rings. The monoisotopic (exact) mass is 431 g/mol. The molecule has 154 valence electrons. The van der Waals surface area contributed by atoms with Gasteiger partial charge in [-0.3, -0.25) is 4.79 Å². The quantitative estimate of drug-likeness (QED) is 0.579. The lowest BCUT2D eigenvalue weighted by atomic mass is 10.1. The van der Waals surface area contributed by atoms with Crippen molar-refractivity contribution in [2.24, 2.45) is 0 Å². The van der Waals surface area contributed by atoms with Crippen LogP contribution >= 0.6 is 12.2 Å². The summed E-state index contributed by atoms with van der Waals surface area (Å²) in [4.78, 5) is 12.9. The standard InChI is InChI=1S/C22H25NO4S2/c24-19(16-27-20-8-2-1-3-9-20)15-21(28)14-17-10-12-22(13-11-17)29(25,26)23-18-6-4-5-7-18/h1-3,8-13,18,23H,4-7,14-16H2. The van der Waals surface area contributed by atoms with Gasteiger partial charge in [0.2, 0.25) is 10.0 Å². The third-order valence-corrected chi connectivity index (χ3v) is 6.67. The number of carbonyl (C=O) groups excluding carboxylic acids is 1. The highest BCUT2D eigenvalue weighted by molar-refractivity contribution is 7.89. The summed E-state index contributed by atoms with van der Waals surface area (Å²) >= 11 is 5.34. The number of nitrogens with one attached hydrogen (secondary N) is 1. The van der Waals surface area contributed by atoms with Crippen LogP contribution in [0.15, 0.2) is 59.5 Å². The van der Waals surface area contributed by atoms with Gasteiger partial charge < -0.3 is 4.74 Å². The van der Waals surface area contributed by atoms with Crippen molar-refractivity contribution in [1.29, 1.82) is 0 Å². The van der Waals surface area contributed by atoms with Crippen LogP contribution in [0, 0.1) is 0 Å².